The van der Waals surface area contributed by atoms with Crippen molar-refractivity contribution in [3.05, 3.63) is 0 Å². The molecule has 0 nitrogen and oxygen atoms in total. The van der Waals surface area contributed by atoms with Gasteiger partial charge in [0, 0.05) is 7.26 Å². The van der Waals surface area contributed by atoms with Crippen molar-refractivity contribution in [2.75, 3.05) is 24.6 Å². The Kier molecular flexibility index (Phi) is 33.3. The van der Waals surface area contributed by atoms with Crippen LogP contribution in [-0.4, -0.2) is 24.6 Å². The van der Waals surface area contributed by atoms with Gasteiger partial charge in [-0.2, -0.15) is 0 Å². The highest BCUT2D eigenvalue weighted by Crippen LogP contribution is 2.61. The summed E-state index contributed by atoms with van der Waals surface area (Å²) in [6, 6.07) is 0. The van der Waals surface area contributed by atoms with E-state index in [1.807, 2.05) is 0 Å². The zero-order valence-corrected chi connectivity index (χ0v) is 29.4. The molecule has 0 rings (SSSR count). The predicted molar refractivity (Wildman–Crippen MR) is 188 cm³/mol. The van der Waals surface area contributed by atoms with Crippen LogP contribution in [0.4, 0.5) is 0 Å². The second-order valence-corrected chi connectivity index (χ2v) is 17.9. The molecule has 236 valence electrons. The Morgan fingerprint density at radius 2 is 0.359 bits per heavy atom. The average Bonchev–Trinajstić information content (AvgIpc) is 2.94. The lowest BCUT2D eigenvalue weighted by Crippen LogP contribution is -2.13. The standard InChI is InChI=1S/C38H80P/c1-5-9-13-15-17-19-21-23-25-27-29-33-37-39(35-31-11-7-3,36-32-12-8-4)38-34-30-28-26-24-22-20-18-16-14-10-6-2/h5-38H2,1-4H3/q+1. The van der Waals surface area contributed by atoms with Crippen LogP contribution in [0.15, 0.2) is 0 Å². The topological polar surface area (TPSA) is 0 Å². The largest absolute Gasteiger partial charge is 0.0654 e. The fourth-order valence-electron chi connectivity index (χ4n) is 6.64. The number of unbranched alkanes of at least 4 members (excludes halogenated alkanes) is 26. The Balaban J connectivity index is 4.25. The third kappa shape index (κ3) is 28.3. The molecule has 0 spiro atoms. The van der Waals surface area contributed by atoms with E-state index < -0.39 is 7.26 Å². The van der Waals surface area contributed by atoms with Crippen LogP contribution in [0.5, 0.6) is 0 Å². The molecule has 0 atom stereocenters. The summed E-state index contributed by atoms with van der Waals surface area (Å²) in [6.45, 7) is 9.44. The third-order valence-electron chi connectivity index (χ3n) is 9.44. The summed E-state index contributed by atoms with van der Waals surface area (Å²) < 4.78 is 0. The maximum absolute atomic E-state index is 2.40. The van der Waals surface area contributed by atoms with Crippen LogP contribution >= 0.6 is 7.26 Å². The van der Waals surface area contributed by atoms with Crippen LogP contribution in [0.1, 0.15) is 220 Å². The van der Waals surface area contributed by atoms with E-state index in [0.29, 0.717) is 0 Å². The molecule has 0 N–H and O–H groups in total. The van der Waals surface area contributed by atoms with E-state index in [9.17, 15) is 0 Å². The fourth-order valence-corrected chi connectivity index (χ4v) is 11.6. The van der Waals surface area contributed by atoms with Gasteiger partial charge in [-0.15, -0.1) is 0 Å². The minimum absolute atomic E-state index is 0.715. The molecule has 0 radical (unpaired) electrons. The summed E-state index contributed by atoms with van der Waals surface area (Å²) in [6.07, 6.45) is 51.1. The molecule has 0 bridgehead atoms. The molecule has 0 aliphatic carbocycles. The fraction of sp³-hybridized carbons (Fsp3) is 1.00. The van der Waals surface area contributed by atoms with Gasteiger partial charge in [0.2, 0.25) is 0 Å². The second kappa shape index (κ2) is 32.9. The van der Waals surface area contributed by atoms with Crippen molar-refractivity contribution >= 4 is 7.26 Å². The first kappa shape index (κ1) is 39.4. The lowest BCUT2D eigenvalue weighted by atomic mass is 10.1. The van der Waals surface area contributed by atoms with Crippen molar-refractivity contribution in [3.8, 4) is 0 Å². The smallest absolute Gasteiger partial charge is 0.0594 e. The molecule has 1 heteroatoms. The molecular weight excluding hydrogens is 487 g/mol. The van der Waals surface area contributed by atoms with Crippen molar-refractivity contribution in [1.82, 2.24) is 0 Å². The van der Waals surface area contributed by atoms with Crippen LogP contribution in [0.2, 0.25) is 0 Å². The SMILES string of the molecule is CCCCCCCCCCCCCC[P+](CCCCC)(CCCCC)CCCCCCCCCCCCCC. The Morgan fingerprint density at radius 3 is 0.590 bits per heavy atom. The summed E-state index contributed by atoms with van der Waals surface area (Å²) in [5.41, 5.74) is 0. The monoisotopic (exact) mass is 568 g/mol. The van der Waals surface area contributed by atoms with Gasteiger partial charge in [-0.25, -0.2) is 0 Å². The lowest BCUT2D eigenvalue weighted by molar-refractivity contribution is 0.547. The second-order valence-electron chi connectivity index (χ2n) is 13.4. The molecule has 0 saturated heterocycles. The van der Waals surface area contributed by atoms with Crippen molar-refractivity contribution in [1.29, 1.82) is 0 Å². The molecule has 0 amide bonds. The van der Waals surface area contributed by atoms with E-state index in [2.05, 4.69) is 27.7 Å². The lowest BCUT2D eigenvalue weighted by Gasteiger charge is -2.28. The normalized spacial score (nSPS) is 12.0. The van der Waals surface area contributed by atoms with E-state index in [1.54, 1.807) is 37.5 Å². The van der Waals surface area contributed by atoms with Crippen LogP contribution in [0, 0.1) is 0 Å². The van der Waals surface area contributed by atoms with Gasteiger partial charge in [0.15, 0.2) is 0 Å². The zero-order valence-electron chi connectivity index (χ0n) is 28.5. The molecule has 0 unspecified atom stereocenters. The van der Waals surface area contributed by atoms with Gasteiger partial charge in [0.1, 0.15) is 0 Å². The molecule has 39 heavy (non-hydrogen) atoms. The van der Waals surface area contributed by atoms with Crippen molar-refractivity contribution in [2.24, 2.45) is 0 Å². The Hall–Kier alpha value is 0.430. The van der Waals surface area contributed by atoms with Gasteiger partial charge in [0.05, 0.1) is 24.6 Å². The molecule has 0 aromatic heterocycles. The first-order valence-corrected chi connectivity index (χ1v) is 21.6. The highest BCUT2D eigenvalue weighted by molar-refractivity contribution is 7.75. The number of hydrogen-bond donors (Lipinski definition) is 0. The Labute approximate surface area is 251 Å². The summed E-state index contributed by atoms with van der Waals surface area (Å²) in [5, 5.41) is 0. The van der Waals surface area contributed by atoms with Crippen molar-refractivity contribution in [2.45, 2.75) is 220 Å². The van der Waals surface area contributed by atoms with Crippen LogP contribution < -0.4 is 0 Å². The minimum Gasteiger partial charge on any atom is -0.0654 e. The van der Waals surface area contributed by atoms with E-state index in [4.69, 9.17) is 0 Å². The molecule has 0 heterocycles. The van der Waals surface area contributed by atoms with Crippen molar-refractivity contribution < 1.29 is 0 Å². The molecule has 0 aromatic rings. The first-order valence-electron chi connectivity index (χ1n) is 19.1. The van der Waals surface area contributed by atoms with Gasteiger partial charge < -0.3 is 0 Å². The van der Waals surface area contributed by atoms with Crippen LogP contribution in [0.3, 0.4) is 0 Å². The minimum atomic E-state index is -0.715. The summed E-state index contributed by atoms with van der Waals surface area (Å²) in [5.74, 6) is 0. The number of rotatable bonds is 34. The Morgan fingerprint density at radius 1 is 0.205 bits per heavy atom. The molecule has 0 aliphatic heterocycles. The molecular formula is C38H80P+. The van der Waals surface area contributed by atoms with Gasteiger partial charge in [0.25, 0.3) is 0 Å². The van der Waals surface area contributed by atoms with Gasteiger partial charge >= 0.3 is 0 Å². The molecule has 0 aliphatic rings. The van der Waals surface area contributed by atoms with E-state index in [0.717, 1.165) is 0 Å². The molecule has 0 saturated carbocycles. The predicted octanol–water partition coefficient (Wildman–Crippen LogP) is 14.8. The first-order chi connectivity index (χ1) is 19.2. The summed E-state index contributed by atoms with van der Waals surface area (Å²) in [4.78, 5) is 0. The van der Waals surface area contributed by atoms with Gasteiger partial charge in [-0.3, -0.25) is 0 Å². The maximum atomic E-state index is 2.40. The van der Waals surface area contributed by atoms with E-state index >= 15 is 0 Å². The Bertz CT molecular complexity index is 390. The van der Waals surface area contributed by atoms with Gasteiger partial charge in [-0.05, 0) is 38.5 Å². The highest BCUT2D eigenvalue weighted by Gasteiger charge is 2.34. The van der Waals surface area contributed by atoms with Crippen LogP contribution in [0.25, 0.3) is 0 Å². The average molecular weight is 568 g/mol. The third-order valence-corrected chi connectivity index (χ3v) is 14.5. The highest BCUT2D eigenvalue weighted by atomic mass is 31.2. The van der Waals surface area contributed by atoms with Crippen LogP contribution in [-0.2, 0) is 0 Å². The number of hydrogen-bond acceptors (Lipinski definition) is 0. The van der Waals surface area contributed by atoms with Crippen molar-refractivity contribution in [3.63, 3.8) is 0 Å². The maximum Gasteiger partial charge on any atom is 0.0594 e. The quantitative estimate of drug-likeness (QED) is 0.0536. The van der Waals surface area contributed by atoms with E-state index in [-0.39, 0.29) is 0 Å². The molecule has 0 fully saturated rings. The zero-order chi connectivity index (χ0) is 28.5. The van der Waals surface area contributed by atoms with Gasteiger partial charge in [-0.1, -0.05) is 182 Å². The molecule has 0 aromatic carbocycles. The summed E-state index contributed by atoms with van der Waals surface area (Å²) in [7, 11) is -0.715. The summed E-state index contributed by atoms with van der Waals surface area (Å²) >= 11 is 0. The van der Waals surface area contributed by atoms with E-state index in [1.165, 1.54) is 180 Å².